The predicted octanol–water partition coefficient (Wildman–Crippen LogP) is 3.15. The van der Waals surface area contributed by atoms with Crippen LogP contribution in [0.4, 0.5) is 4.39 Å². The number of halogens is 2. The lowest BCUT2D eigenvalue weighted by molar-refractivity contribution is 0.298. The summed E-state index contributed by atoms with van der Waals surface area (Å²) < 4.78 is 19.5. The van der Waals surface area contributed by atoms with E-state index in [1.165, 1.54) is 6.07 Å². The van der Waals surface area contributed by atoms with Gasteiger partial charge in [0.05, 0.1) is 5.69 Å². The van der Waals surface area contributed by atoms with Gasteiger partial charge in [-0.05, 0) is 30.3 Å². The maximum absolute atomic E-state index is 13.4. The van der Waals surface area contributed by atoms with Crippen LogP contribution in [0.1, 0.15) is 5.69 Å². The third-order valence-corrected chi connectivity index (χ3v) is 2.96. The second kappa shape index (κ2) is 7.21. The Kier molecular flexibility index (Phi) is 5.30. The molecule has 3 nitrogen and oxygen atoms in total. The van der Waals surface area contributed by atoms with Crippen molar-refractivity contribution in [3.05, 3.63) is 58.6 Å². The van der Waals surface area contributed by atoms with E-state index in [-0.39, 0.29) is 11.6 Å². The van der Waals surface area contributed by atoms with Gasteiger partial charge in [0, 0.05) is 23.8 Å². The van der Waals surface area contributed by atoms with Gasteiger partial charge >= 0.3 is 0 Å². The van der Waals surface area contributed by atoms with Gasteiger partial charge in [0.1, 0.15) is 6.61 Å². The van der Waals surface area contributed by atoms with Gasteiger partial charge in [-0.1, -0.05) is 22.0 Å². The summed E-state index contributed by atoms with van der Waals surface area (Å²) in [4.78, 5) is 4.19. The van der Waals surface area contributed by atoms with Gasteiger partial charge in [0.15, 0.2) is 11.6 Å². The van der Waals surface area contributed by atoms with Crippen LogP contribution in [0.5, 0.6) is 5.75 Å². The zero-order valence-electron chi connectivity index (χ0n) is 10.3. The molecule has 2 aromatic rings. The summed E-state index contributed by atoms with van der Waals surface area (Å²) in [5.74, 6) is -0.0954. The standard InChI is InChI=1S/C14H14BrFN2O/c15-11-4-5-13(16)14(9-11)19-8-7-17-10-12-3-1-2-6-18-12/h1-6,9,17H,7-8,10H2. The first-order valence-corrected chi connectivity index (χ1v) is 6.73. The van der Waals surface area contributed by atoms with Crippen LogP contribution < -0.4 is 10.1 Å². The van der Waals surface area contributed by atoms with Crippen LogP contribution in [-0.2, 0) is 6.54 Å². The number of pyridine rings is 1. The number of benzene rings is 1. The highest BCUT2D eigenvalue weighted by atomic mass is 79.9. The summed E-state index contributed by atoms with van der Waals surface area (Å²) in [6.45, 7) is 1.70. The Morgan fingerprint density at radius 1 is 1.26 bits per heavy atom. The lowest BCUT2D eigenvalue weighted by Gasteiger charge is -2.08. The maximum Gasteiger partial charge on any atom is 0.165 e. The van der Waals surface area contributed by atoms with Crippen molar-refractivity contribution >= 4 is 15.9 Å². The van der Waals surface area contributed by atoms with Crippen molar-refractivity contribution in [3.63, 3.8) is 0 Å². The van der Waals surface area contributed by atoms with E-state index in [9.17, 15) is 4.39 Å². The van der Waals surface area contributed by atoms with E-state index >= 15 is 0 Å². The Morgan fingerprint density at radius 3 is 2.95 bits per heavy atom. The Morgan fingerprint density at radius 2 is 2.16 bits per heavy atom. The van der Waals surface area contributed by atoms with Crippen LogP contribution in [0.3, 0.4) is 0 Å². The first-order valence-electron chi connectivity index (χ1n) is 5.94. The Balaban J connectivity index is 1.71. The molecule has 0 atom stereocenters. The molecule has 0 saturated carbocycles. The number of rotatable bonds is 6. The summed E-state index contributed by atoms with van der Waals surface area (Å²) in [5.41, 5.74) is 0.969. The monoisotopic (exact) mass is 324 g/mol. The van der Waals surface area contributed by atoms with Crippen LogP contribution in [0.2, 0.25) is 0 Å². The van der Waals surface area contributed by atoms with E-state index in [1.54, 1.807) is 18.3 Å². The molecule has 0 fully saturated rings. The fraction of sp³-hybridized carbons (Fsp3) is 0.214. The summed E-state index contributed by atoms with van der Waals surface area (Å²) in [5, 5.41) is 3.18. The fourth-order valence-electron chi connectivity index (χ4n) is 1.54. The topological polar surface area (TPSA) is 34.1 Å². The third-order valence-electron chi connectivity index (χ3n) is 2.46. The molecule has 0 bridgehead atoms. The van der Waals surface area contributed by atoms with E-state index in [4.69, 9.17) is 4.74 Å². The highest BCUT2D eigenvalue weighted by molar-refractivity contribution is 9.10. The first kappa shape index (κ1) is 14.0. The largest absolute Gasteiger partial charge is 0.489 e. The van der Waals surface area contributed by atoms with Crippen molar-refractivity contribution in [2.75, 3.05) is 13.2 Å². The third kappa shape index (κ3) is 4.61. The minimum atomic E-state index is -0.354. The van der Waals surface area contributed by atoms with E-state index in [0.717, 1.165) is 10.2 Å². The summed E-state index contributed by atoms with van der Waals surface area (Å²) >= 11 is 3.28. The second-order valence-corrected chi connectivity index (χ2v) is 4.84. The molecule has 19 heavy (non-hydrogen) atoms. The summed E-state index contributed by atoms with van der Waals surface area (Å²) in [6.07, 6.45) is 1.75. The maximum atomic E-state index is 13.4. The second-order valence-electron chi connectivity index (χ2n) is 3.92. The number of hydrogen-bond donors (Lipinski definition) is 1. The molecule has 5 heteroatoms. The number of nitrogens with one attached hydrogen (secondary N) is 1. The van der Waals surface area contributed by atoms with Crippen molar-refractivity contribution in [2.24, 2.45) is 0 Å². The Hall–Kier alpha value is -1.46. The smallest absolute Gasteiger partial charge is 0.165 e. The van der Waals surface area contributed by atoms with Crippen LogP contribution >= 0.6 is 15.9 Å². The van der Waals surface area contributed by atoms with Crippen LogP contribution in [0.25, 0.3) is 0 Å². The quantitative estimate of drug-likeness (QED) is 0.829. The molecule has 0 unspecified atom stereocenters. The van der Waals surface area contributed by atoms with E-state index in [2.05, 4.69) is 26.2 Å². The molecule has 0 aliphatic rings. The van der Waals surface area contributed by atoms with Gasteiger partial charge in [0.2, 0.25) is 0 Å². The van der Waals surface area contributed by atoms with Gasteiger partial charge in [-0.3, -0.25) is 4.98 Å². The average molecular weight is 325 g/mol. The van der Waals surface area contributed by atoms with Gasteiger partial charge in [-0.2, -0.15) is 0 Å². The van der Waals surface area contributed by atoms with Crippen LogP contribution in [0.15, 0.2) is 47.1 Å². The van der Waals surface area contributed by atoms with Gasteiger partial charge in [-0.15, -0.1) is 0 Å². The van der Waals surface area contributed by atoms with Crippen LogP contribution in [-0.4, -0.2) is 18.1 Å². The summed E-state index contributed by atoms with van der Waals surface area (Å²) in [6, 6.07) is 10.4. The molecule has 1 heterocycles. The van der Waals surface area contributed by atoms with Gasteiger partial charge in [0.25, 0.3) is 0 Å². The normalized spacial score (nSPS) is 10.4. The Labute approximate surface area is 119 Å². The van der Waals surface area contributed by atoms with E-state index < -0.39 is 0 Å². The molecule has 1 N–H and O–H groups in total. The van der Waals surface area contributed by atoms with Gasteiger partial charge in [-0.25, -0.2) is 4.39 Å². The SMILES string of the molecule is Fc1ccc(Br)cc1OCCNCc1ccccn1. The zero-order valence-corrected chi connectivity index (χ0v) is 11.9. The zero-order chi connectivity index (χ0) is 13.5. The van der Waals surface area contributed by atoms with Crippen molar-refractivity contribution in [1.82, 2.24) is 10.3 Å². The Bertz CT molecular complexity index is 522. The number of nitrogens with zero attached hydrogens (tertiary/aromatic N) is 1. The summed E-state index contributed by atoms with van der Waals surface area (Å²) in [7, 11) is 0. The van der Waals surface area contributed by atoms with Crippen molar-refractivity contribution < 1.29 is 9.13 Å². The molecule has 1 aromatic heterocycles. The molecule has 0 amide bonds. The molecular formula is C14H14BrFN2O. The molecule has 2 rings (SSSR count). The number of hydrogen-bond acceptors (Lipinski definition) is 3. The first-order chi connectivity index (χ1) is 9.25. The molecule has 0 spiro atoms. The van der Waals surface area contributed by atoms with Gasteiger partial charge < -0.3 is 10.1 Å². The molecular weight excluding hydrogens is 311 g/mol. The lowest BCUT2D eigenvalue weighted by Crippen LogP contribution is -2.21. The van der Waals surface area contributed by atoms with Crippen molar-refractivity contribution in [1.29, 1.82) is 0 Å². The fourth-order valence-corrected chi connectivity index (χ4v) is 1.88. The number of aromatic nitrogens is 1. The van der Waals surface area contributed by atoms with Crippen molar-refractivity contribution in [3.8, 4) is 5.75 Å². The molecule has 1 aromatic carbocycles. The van der Waals surface area contributed by atoms with Crippen molar-refractivity contribution in [2.45, 2.75) is 6.54 Å². The van der Waals surface area contributed by atoms with Crippen LogP contribution in [0, 0.1) is 5.82 Å². The van der Waals surface area contributed by atoms with E-state index in [0.29, 0.717) is 19.7 Å². The highest BCUT2D eigenvalue weighted by Gasteiger charge is 2.03. The average Bonchev–Trinajstić information content (AvgIpc) is 2.43. The molecule has 0 aliphatic carbocycles. The van der Waals surface area contributed by atoms with E-state index in [1.807, 2.05) is 18.2 Å². The molecule has 0 radical (unpaired) electrons. The minimum Gasteiger partial charge on any atom is -0.489 e. The molecule has 100 valence electrons. The molecule has 0 saturated heterocycles. The lowest BCUT2D eigenvalue weighted by atomic mass is 10.3. The minimum absolute atomic E-state index is 0.258. The number of ether oxygens (including phenoxy) is 1. The molecule has 0 aliphatic heterocycles. The highest BCUT2D eigenvalue weighted by Crippen LogP contribution is 2.21. The predicted molar refractivity (Wildman–Crippen MR) is 75.5 cm³/mol.